The second-order valence-electron chi connectivity index (χ2n) is 6.34. The number of nitrogens with two attached hydrogens (primary N) is 1. The van der Waals surface area contributed by atoms with Crippen LogP contribution in [0.4, 0.5) is 0 Å². The molecule has 2 saturated heterocycles. The minimum Gasteiger partial charge on any atom is -0.339 e. The van der Waals surface area contributed by atoms with Gasteiger partial charge < -0.3 is 15.5 Å². The van der Waals surface area contributed by atoms with Gasteiger partial charge in [0.05, 0.1) is 6.54 Å². The van der Waals surface area contributed by atoms with Gasteiger partial charge in [0.25, 0.3) is 0 Å². The molecule has 0 aliphatic carbocycles. The van der Waals surface area contributed by atoms with Crippen LogP contribution in [0.3, 0.4) is 0 Å². The van der Waals surface area contributed by atoms with Crippen molar-refractivity contribution in [3.63, 3.8) is 0 Å². The standard InChI is InChI=1S/C15H30N4O/c1-3-13-4-5-19(14(10-13)11-16)12-15(20)18-8-6-17(2)7-9-18/h13-14H,3-12,16H2,1-2H3. The number of piperidine rings is 1. The Bertz CT molecular complexity index is 315. The molecule has 2 unspecified atom stereocenters. The SMILES string of the molecule is CCC1CCN(CC(=O)N2CCN(C)CC2)C(CN)C1. The smallest absolute Gasteiger partial charge is 0.236 e. The number of likely N-dealkylation sites (N-methyl/N-ethyl adjacent to an activating group) is 1. The Hall–Kier alpha value is -0.650. The van der Waals surface area contributed by atoms with Gasteiger partial charge in [-0.1, -0.05) is 13.3 Å². The number of amides is 1. The normalized spacial score (nSPS) is 29.6. The molecule has 0 bridgehead atoms. The van der Waals surface area contributed by atoms with Crippen LogP contribution in [0.2, 0.25) is 0 Å². The van der Waals surface area contributed by atoms with Gasteiger partial charge in [-0.05, 0) is 32.4 Å². The highest BCUT2D eigenvalue weighted by Gasteiger charge is 2.29. The Morgan fingerprint density at radius 3 is 2.50 bits per heavy atom. The van der Waals surface area contributed by atoms with Crippen LogP contribution in [0.25, 0.3) is 0 Å². The van der Waals surface area contributed by atoms with Crippen LogP contribution in [0, 0.1) is 5.92 Å². The van der Waals surface area contributed by atoms with E-state index in [0.29, 0.717) is 19.1 Å². The predicted molar refractivity (Wildman–Crippen MR) is 81.5 cm³/mol. The molecule has 5 nitrogen and oxygen atoms in total. The third-order valence-corrected chi connectivity index (χ3v) is 4.99. The number of nitrogens with zero attached hydrogens (tertiary/aromatic N) is 3. The van der Waals surface area contributed by atoms with E-state index in [0.717, 1.165) is 45.1 Å². The molecule has 0 aromatic heterocycles. The van der Waals surface area contributed by atoms with E-state index < -0.39 is 0 Å². The fourth-order valence-corrected chi connectivity index (χ4v) is 3.34. The van der Waals surface area contributed by atoms with Crippen LogP contribution in [0.5, 0.6) is 0 Å². The van der Waals surface area contributed by atoms with E-state index in [1.165, 1.54) is 12.8 Å². The minimum absolute atomic E-state index is 0.284. The fourth-order valence-electron chi connectivity index (χ4n) is 3.34. The molecule has 0 aromatic rings. The Kier molecular flexibility index (Phi) is 5.81. The molecule has 1 amide bonds. The van der Waals surface area contributed by atoms with Crippen molar-refractivity contribution in [2.24, 2.45) is 11.7 Å². The van der Waals surface area contributed by atoms with Crippen molar-refractivity contribution in [2.45, 2.75) is 32.2 Å². The Morgan fingerprint density at radius 2 is 1.90 bits per heavy atom. The Morgan fingerprint density at radius 1 is 1.20 bits per heavy atom. The monoisotopic (exact) mass is 282 g/mol. The summed E-state index contributed by atoms with van der Waals surface area (Å²) in [5.41, 5.74) is 5.91. The lowest BCUT2D eigenvalue weighted by atomic mass is 9.89. The van der Waals surface area contributed by atoms with Crippen LogP contribution in [0.1, 0.15) is 26.2 Å². The molecule has 2 aliphatic heterocycles. The molecule has 5 heteroatoms. The summed E-state index contributed by atoms with van der Waals surface area (Å²) in [6.07, 6.45) is 3.60. The van der Waals surface area contributed by atoms with Gasteiger partial charge in [-0.25, -0.2) is 0 Å². The van der Waals surface area contributed by atoms with E-state index in [-0.39, 0.29) is 5.91 Å². The Balaban J connectivity index is 1.83. The summed E-state index contributed by atoms with van der Waals surface area (Å²) in [4.78, 5) is 19.0. The van der Waals surface area contributed by atoms with Gasteiger partial charge in [0.1, 0.15) is 0 Å². The minimum atomic E-state index is 0.284. The lowest BCUT2D eigenvalue weighted by molar-refractivity contribution is -0.135. The van der Waals surface area contributed by atoms with Crippen molar-refractivity contribution in [3.05, 3.63) is 0 Å². The maximum Gasteiger partial charge on any atom is 0.236 e. The quantitative estimate of drug-likeness (QED) is 0.801. The molecule has 0 spiro atoms. The largest absolute Gasteiger partial charge is 0.339 e. The molecule has 2 aliphatic rings. The number of carbonyl (C=O) groups excluding carboxylic acids is 1. The topological polar surface area (TPSA) is 52.8 Å². The molecule has 2 rings (SSSR count). The highest BCUT2D eigenvalue weighted by Crippen LogP contribution is 2.24. The molecule has 2 fully saturated rings. The maximum atomic E-state index is 12.4. The zero-order valence-corrected chi connectivity index (χ0v) is 13.1. The summed E-state index contributed by atoms with van der Waals surface area (Å²) in [6, 6.07) is 0.394. The first kappa shape index (κ1) is 15.7. The van der Waals surface area contributed by atoms with Crippen LogP contribution in [-0.2, 0) is 4.79 Å². The number of carbonyl (C=O) groups is 1. The number of hydrogen-bond acceptors (Lipinski definition) is 4. The lowest BCUT2D eigenvalue weighted by Gasteiger charge is -2.40. The van der Waals surface area contributed by atoms with Gasteiger partial charge in [0.15, 0.2) is 0 Å². The van der Waals surface area contributed by atoms with Gasteiger partial charge in [-0.2, -0.15) is 0 Å². The molecule has 0 radical (unpaired) electrons. The predicted octanol–water partition coefficient (Wildman–Crippen LogP) is 0.210. The van der Waals surface area contributed by atoms with Gasteiger partial charge in [-0.15, -0.1) is 0 Å². The molecule has 2 N–H and O–H groups in total. The first-order valence-electron chi connectivity index (χ1n) is 8.04. The van der Waals surface area contributed by atoms with Gasteiger partial charge in [-0.3, -0.25) is 9.69 Å². The summed E-state index contributed by atoms with van der Waals surface area (Å²) in [5.74, 6) is 1.07. The van der Waals surface area contributed by atoms with Crippen molar-refractivity contribution >= 4 is 5.91 Å². The number of hydrogen-bond donors (Lipinski definition) is 1. The molecule has 20 heavy (non-hydrogen) atoms. The number of likely N-dealkylation sites (tertiary alicyclic amines) is 1. The molecule has 2 atom stereocenters. The van der Waals surface area contributed by atoms with E-state index in [9.17, 15) is 4.79 Å². The zero-order chi connectivity index (χ0) is 14.5. The van der Waals surface area contributed by atoms with E-state index in [1.54, 1.807) is 0 Å². The van der Waals surface area contributed by atoms with Crippen molar-refractivity contribution in [2.75, 3.05) is 52.9 Å². The molecular formula is C15H30N4O. The molecule has 116 valence electrons. The van der Waals surface area contributed by atoms with Crippen LogP contribution in [0.15, 0.2) is 0 Å². The van der Waals surface area contributed by atoms with Crippen LogP contribution < -0.4 is 5.73 Å². The third kappa shape index (κ3) is 3.93. The lowest BCUT2D eigenvalue weighted by Crippen LogP contribution is -2.54. The summed E-state index contributed by atoms with van der Waals surface area (Å²) in [7, 11) is 2.11. The first-order chi connectivity index (χ1) is 9.63. The fraction of sp³-hybridized carbons (Fsp3) is 0.933. The van der Waals surface area contributed by atoms with Gasteiger partial charge in [0.2, 0.25) is 5.91 Å². The average Bonchev–Trinajstić information content (AvgIpc) is 2.48. The molecule has 0 aromatic carbocycles. The van der Waals surface area contributed by atoms with E-state index in [2.05, 4.69) is 23.8 Å². The zero-order valence-electron chi connectivity index (χ0n) is 13.1. The van der Waals surface area contributed by atoms with Crippen molar-refractivity contribution in [1.29, 1.82) is 0 Å². The molecular weight excluding hydrogens is 252 g/mol. The van der Waals surface area contributed by atoms with E-state index in [4.69, 9.17) is 5.73 Å². The first-order valence-corrected chi connectivity index (χ1v) is 8.04. The van der Waals surface area contributed by atoms with Crippen molar-refractivity contribution in [3.8, 4) is 0 Å². The van der Waals surface area contributed by atoms with Crippen molar-refractivity contribution < 1.29 is 4.79 Å². The number of rotatable bonds is 4. The summed E-state index contributed by atoms with van der Waals surface area (Å²) < 4.78 is 0. The van der Waals surface area contributed by atoms with Gasteiger partial charge >= 0.3 is 0 Å². The van der Waals surface area contributed by atoms with Crippen LogP contribution in [-0.4, -0.2) is 79.5 Å². The second-order valence-corrected chi connectivity index (χ2v) is 6.34. The van der Waals surface area contributed by atoms with E-state index in [1.807, 2.05) is 4.90 Å². The number of piperazine rings is 1. The van der Waals surface area contributed by atoms with E-state index >= 15 is 0 Å². The van der Waals surface area contributed by atoms with Gasteiger partial charge in [0, 0.05) is 38.8 Å². The third-order valence-electron chi connectivity index (χ3n) is 4.99. The Labute approximate surface area is 123 Å². The second kappa shape index (κ2) is 7.38. The molecule has 0 saturated carbocycles. The maximum absolute atomic E-state index is 12.4. The summed E-state index contributed by atoms with van der Waals surface area (Å²) in [5, 5.41) is 0. The van der Waals surface area contributed by atoms with Crippen LogP contribution >= 0.6 is 0 Å². The summed E-state index contributed by atoms with van der Waals surface area (Å²) in [6.45, 7) is 8.23. The summed E-state index contributed by atoms with van der Waals surface area (Å²) >= 11 is 0. The highest BCUT2D eigenvalue weighted by atomic mass is 16.2. The highest BCUT2D eigenvalue weighted by molar-refractivity contribution is 5.78. The molecule has 2 heterocycles. The van der Waals surface area contributed by atoms with Crippen molar-refractivity contribution in [1.82, 2.24) is 14.7 Å². The average molecular weight is 282 g/mol.